The quantitative estimate of drug-likeness (QED) is 0.750. The molecule has 0 bridgehead atoms. The summed E-state index contributed by atoms with van der Waals surface area (Å²) in [7, 11) is 0. The van der Waals surface area contributed by atoms with Gasteiger partial charge in [0.05, 0.1) is 11.9 Å². The Morgan fingerprint density at radius 3 is 2.38 bits per heavy atom. The summed E-state index contributed by atoms with van der Waals surface area (Å²) >= 11 is 0. The molecule has 2 aromatic rings. The van der Waals surface area contributed by atoms with Crippen LogP contribution in [0.15, 0.2) is 42.6 Å². The summed E-state index contributed by atoms with van der Waals surface area (Å²) < 4.78 is 5.76. The van der Waals surface area contributed by atoms with Gasteiger partial charge in [-0.1, -0.05) is 38.1 Å². The lowest BCUT2D eigenvalue weighted by molar-refractivity contribution is 0.304. The normalized spacial score (nSPS) is 10.6. The molecule has 1 heterocycles. The molecule has 0 aliphatic rings. The Labute approximate surface area is 127 Å². The van der Waals surface area contributed by atoms with E-state index < -0.39 is 0 Å². The molecule has 3 heteroatoms. The molecule has 1 N–H and O–H groups in total. The zero-order valence-corrected chi connectivity index (χ0v) is 12.9. The average Bonchev–Trinajstić information content (AvgIpc) is 2.55. The molecule has 1 aromatic heterocycles. The number of ether oxygens (including phenoxy) is 1. The van der Waals surface area contributed by atoms with Crippen molar-refractivity contribution in [1.29, 1.82) is 0 Å². The smallest absolute Gasteiger partial charge is 0.138 e. The Hall–Kier alpha value is -1.87. The van der Waals surface area contributed by atoms with E-state index in [-0.39, 0.29) is 0 Å². The van der Waals surface area contributed by atoms with Gasteiger partial charge in [0, 0.05) is 6.54 Å². The maximum Gasteiger partial charge on any atom is 0.138 e. The molecular weight excluding hydrogens is 260 g/mol. The van der Waals surface area contributed by atoms with E-state index in [1.54, 1.807) is 6.20 Å². The number of hydrogen-bond donors (Lipinski definition) is 1. The lowest BCUT2D eigenvalue weighted by Crippen LogP contribution is -2.14. The van der Waals surface area contributed by atoms with E-state index in [0.717, 1.165) is 37.4 Å². The molecule has 2 rings (SSSR count). The van der Waals surface area contributed by atoms with Crippen LogP contribution in [0, 0.1) is 0 Å². The zero-order chi connectivity index (χ0) is 14.9. The minimum Gasteiger partial charge on any atom is -0.487 e. The van der Waals surface area contributed by atoms with E-state index in [2.05, 4.69) is 48.4 Å². The molecule has 0 radical (unpaired) electrons. The van der Waals surface area contributed by atoms with Crippen molar-refractivity contribution < 1.29 is 4.74 Å². The first-order valence-corrected chi connectivity index (χ1v) is 7.68. The number of benzene rings is 1. The number of nitrogens with one attached hydrogen (secondary N) is 1. The summed E-state index contributed by atoms with van der Waals surface area (Å²) in [6.07, 6.45) is 4.00. The van der Waals surface area contributed by atoms with Gasteiger partial charge < -0.3 is 10.1 Å². The number of rotatable bonds is 8. The highest BCUT2D eigenvalue weighted by molar-refractivity contribution is 5.24. The monoisotopic (exact) mass is 284 g/mol. The highest BCUT2D eigenvalue weighted by atomic mass is 16.5. The highest BCUT2D eigenvalue weighted by Crippen LogP contribution is 2.13. The van der Waals surface area contributed by atoms with Gasteiger partial charge in [0.15, 0.2) is 0 Å². The van der Waals surface area contributed by atoms with Crippen molar-refractivity contribution in [3.05, 3.63) is 59.4 Å². The van der Waals surface area contributed by atoms with E-state index in [0.29, 0.717) is 6.61 Å². The molecule has 0 amide bonds. The summed E-state index contributed by atoms with van der Waals surface area (Å²) in [5, 5.41) is 3.34. The van der Waals surface area contributed by atoms with Gasteiger partial charge in [0.2, 0.25) is 0 Å². The van der Waals surface area contributed by atoms with Gasteiger partial charge in [-0.3, -0.25) is 4.98 Å². The molecule has 0 saturated heterocycles. The van der Waals surface area contributed by atoms with Crippen molar-refractivity contribution in [3.8, 4) is 5.75 Å². The van der Waals surface area contributed by atoms with Crippen molar-refractivity contribution in [2.24, 2.45) is 0 Å². The second-order valence-electron chi connectivity index (χ2n) is 5.12. The third-order valence-electron chi connectivity index (χ3n) is 3.37. The minimum atomic E-state index is 0.582. The van der Waals surface area contributed by atoms with Gasteiger partial charge in [-0.25, -0.2) is 0 Å². The van der Waals surface area contributed by atoms with E-state index in [1.165, 1.54) is 11.1 Å². The van der Waals surface area contributed by atoms with Crippen LogP contribution in [0.25, 0.3) is 0 Å². The number of hydrogen-bond acceptors (Lipinski definition) is 3. The van der Waals surface area contributed by atoms with Crippen LogP contribution in [0.2, 0.25) is 0 Å². The fraction of sp³-hybridized carbons (Fsp3) is 0.389. The van der Waals surface area contributed by atoms with Gasteiger partial charge in [0.1, 0.15) is 12.4 Å². The molecule has 1 aromatic carbocycles. The molecule has 0 spiro atoms. The van der Waals surface area contributed by atoms with Crippen molar-refractivity contribution >= 4 is 0 Å². The second kappa shape index (κ2) is 8.42. The third kappa shape index (κ3) is 5.20. The predicted octanol–water partition coefficient (Wildman–Crippen LogP) is 3.72. The fourth-order valence-corrected chi connectivity index (χ4v) is 2.03. The van der Waals surface area contributed by atoms with Gasteiger partial charge in [-0.2, -0.15) is 0 Å². The van der Waals surface area contributed by atoms with Crippen LogP contribution in [0.3, 0.4) is 0 Å². The lowest BCUT2D eigenvalue weighted by atomic mass is 10.1. The van der Waals surface area contributed by atoms with Crippen LogP contribution < -0.4 is 10.1 Å². The van der Waals surface area contributed by atoms with E-state index in [9.17, 15) is 0 Å². The van der Waals surface area contributed by atoms with Crippen LogP contribution in [0.1, 0.15) is 37.1 Å². The second-order valence-corrected chi connectivity index (χ2v) is 5.12. The SMILES string of the molecule is CCCNCc1ccc(OCc2ccc(CC)cc2)cn1. The number of aryl methyl sites for hydroxylation is 1. The summed E-state index contributed by atoms with van der Waals surface area (Å²) in [5.74, 6) is 0.814. The van der Waals surface area contributed by atoms with Crippen LogP contribution in [-0.4, -0.2) is 11.5 Å². The summed E-state index contributed by atoms with van der Waals surface area (Å²) in [6, 6.07) is 12.5. The Morgan fingerprint density at radius 2 is 1.76 bits per heavy atom. The van der Waals surface area contributed by atoms with Crippen LogP contribution in [0.4, 0.5) is 0 Å². The highest BCUT2D eigenvalue weighted by Gasteiger charge is 1.99. The topological polar surface area (TPSA) is 34.1 Å². The molecule has 0 aliphatic carbocycles. The molecule has 112 valence electrons. The molecule has 0 aliphatic heterocycles. The molecule has 0 fully saturated rings. The van der Waals surface area contributed by atoms with Crippen molar-refractivity contribution in [2.45, 2.75) is 39.8 Å². The fourth-order valence-electron chi connectivity index (χ4n) is 2.03. The van der Waals surface area contributed by atoms with Gasteiger partial charge in [0.25, 0.3) is 0 Å². The number of nitrogens with zero attached hydrogens (tertiary/aromatic N) is 1. The van der Waals surface area contributed by atoms with Crippen molar-refractivity contribution in [1.82, 2.24) is 10.3 Å². The van der Waals surface area contributed by atoms with Gasteiger partial charge in [-0.05, 0) is 42.6 Å². The van der Waals surface area contributed by atoms with E-state index in [1.807, 2.05) is 12.1 Å². The third-order valence-corrected chi connectivity index (χ3v) is 3.37. The summed E-state index contributed by atoms with van der Waals surface area (Å²) in [6.45, 7) is 6.73. The minimum absolute atomic E-state index is 0.582. The van der Waals surface area contributed by atoms with Crippen LogP contribution in [-0.2, 0) is 19.6 Å². The predicted molar refractivity (Wildman–Crippen MR) is 86.4 cm³/mol. The first-order valence-electron chi connectivity index (χ1n) is 7.68. The Balaban J connectivity index is 1.82. The van der Waals surface area contributed by atoms with E-state index >= 15 is 0 Å². The molecule has 0 saturated carbocycles. The number of pyridine rings is 1. The van der Waals surface area contributed by atoms with Crippen molar-refractivity contribution in [2.75, 3.05) is 6.54 Å². The van der Waals surface area contributed by atoms with Gasteiger partial charge >= 0.3 is 0 Å². The average molecular weight is 284 g/mol. The van der Waals surface area contributed by atoms with Crippen LogP contribution >= 0.6 is 0 Å². The first-order chi connectivity index (χ1) is 10.3. The first kappa shape index (κ1) is 15.5. The van der Waals surface area contributed by atoms with Gasteiger partial charge in [-0.15, -0.1) is 0 Å². The Bertz CT molecular complexity index is 520. The zero-order valence-electron chi connectivity index (χ0n) is 12.9. The standard InChI is InChI=1S/C18H24N2O/c1-3-11-19-12-17-9-10-18(13-20-17)21-14-16-7-5-15(4-2)6-8-16/h5-10,13,19H,3-4,11-12,14H2,1-2H3. The number of aromatic nitrogens is 1. The molecule has 21 heavy (non-hydrogen) atoms. The molecular formula is C18H24N2O. The summed E-state index contributed by atoms with van der Waals surface area (Å²) in [5.41, 5.74) is 3.58. The van der Waals surface area contributed by atoms with Crippen molar-refractivity contribution in [3.63, 3.8) is 0 Å². The molecule has 0 unspecified atom stereocenters. The molecule has 0 atom stereocenters. The molecule has 3 nitrogen and oxygen atoms in total. The Morgan fingerprint density at radius 1 is 1.00 bits per heavy atom. The maximum absolute atomic E-state index is 5.76. The Kier molecular flexibility index (Phi) is 6.22. The largest absolute Gasteiger partial charge is 0.487 e. The summed E-state index contributed by atoms with van der Waals surface area (Å²) in [4.78, 5) is 4.40. The maximum atomic E-state index is 5.76. The lowest BCUT2D eigenvalue weighted by Gasteiger charge is -2.08. The van der Waals surface area contributed by atoms with E-state index in [4.69, 9.17) is 4.74 Å². The van der Waals surface area contributed by atoms with Crippen LogP contribution in [0.5, 0.6) is 5.75 Å².